The van der Waals surface area contributed by atoms with Crippen molar-refractivity contribution in [3.05, 3.63) is 0 Å². The summed E-state index contributed by atoms with van der Waals surface area (Å²) < 4.78 is 12.5. The van der Waals surface area contributed by atoms with E-state index in [1.54, 1.807) is 0 Å². The van der Waals surface area contributed by atoms with E-state index in [2.05, 4.69) is 15.9 Å². The van der Waals surface area contributed by atoms with Crippen LogP contribution in [0.4, 0.5) is 4.39 Å². The van der Waals surface area contributed by atoms with Gasteiger partial charge in [0.25, 0.3) is 0 Å². The Morgan fingerprint density at radius 2 is 2.12 bits per heavy atom. The zero-order chi connectivity index (χ0) is 6.57. The maximum atomic E-state index is 12.5. The predicted molar refractivity (Wildman–Crippen MR) is 38.1 cm³/mol. The van der Waals surface area contributed by atoms with Crippen molar-refractivity contribution in [3.8, 4) is 0 Å². The van der Waals surface area contributed by atoms with Crippen molar-refractivity contribution in [1.82, 2.24) is 0 Å². The highest BCUT2D eigenvalue weighted by molar-refractivity contribution is 9.09. The van der Waals surface area contributed by atoms with Gasteiger partial charge >= 0.3 is 0 Å². The summed E-state index contributed by atoms with van der Waals surface area (Å²) in [5.41, 5.74) is 0. The second-order valence-electron chi connectivity index (χ2n) is 2.06. The molecule has 0 fully saturated rings. The fourth-order valence-electron chi connectivity index (χ4n) is 0.408. The van der Waals surface area contributed by atoms with Crippen LogP contribution in [0.15, 0.2) is 0 Å². The lowest BCUT2D eigenvalue weighted by Gasteiger charge is -2.09. The summed E-state index contributed by atoms with van der Waals surface area (Å²) in [6.45, 7) is 3.92. The Bertz CT molecular complexity index is 48.5. The molecule has 0 aromatic rings. The summed E-state index contributed by atoms with van der Waals surface area (Å²) >= 11 is 3.08. The van der Waals surface area contributed by atoms with Gasteiger partial charge in [-0.2, -0.15) is 0 Å². The zero-order valence-electron chi connectivity index (χ0n) is 5.32. The monoisotopic (exact) mass is 182 g/mol. The van der Waals surface area contributed by atoms with Crippen molar-refractivity contribution >= 4 is 15.9 Å². The zero-order valence-corrected chi connectivity index (χ0v) is 6.91. The molecule has 0 aliphatic rings. The maximum Gasteiger partial charge on any atom is 0.112 e. The molecule has 0 N–H and O–H groups in total. The van der Waals surface area contributed by atoms with E-state index in [0.717, 1.165) is 6.42 Å². The van der Waals surface area contributed by atoms with Gasteiger partial charge in [-0.05, 0) is 5.92 Å². The lowest BCUT2D eigenvalue weighted by atomic mass is 10.1. The average molecular weight is 183 g/mol. The molecule has 2 heteroatoms. The number of halogens is 2. The van der Waals surface area contributed by atoms with Gasteiger partial charge in [0.15, 0.2) is 0 Å². The van der Waals surface area contributed by atoms with E-state index in [-0.39, 0.29) is 5.92 Å². The third kappa shape index (κ3) is 2.65. The van der Waals surface area contributed by atoms with Crippen LogP contribution in [0, 0.1) is 5.92 Å². The van der Waals surface area contributed by atoms with E-state index in [0.29, 0.717) is 5.33 Å². The molecule has 0 rings (SSSR count). The molecule has 0 amide bonds. The van der Waals surface area contributed by atoms with Gasteiger partial charge in [-0.25, -0.2) is 4.39 Å². The third-order valence-corrected chi connectivity index (χ3v) is 2.03. The van der Waals surface area contributed by atoms with Gasteiger partial charge in [0, 0.05) is 5.33 Å². The van der Waals surface area contributed by atoms with Gasteiger partial charge in [0.05, 0.1) is 0 Å². The van der Waals surface area contributed by atoms with Crippen LogP contribution < -0.4 is 0 Å². The molecular weight excluding hydrogens is 171 g/mol. The summed E-state index contributed by atoms with van der Waals surface area (Å²) in [4.78, 5) is 0. The molecular formula is C6H12BrF. The first-order valence-electron chi connectivity index (χ1n) is 2.92. The Hall–Kier alpha value is 0.410. The smallest absolute Gasteiger partial charge is 0.112 e. The van der Waals surface area contributed by atoms with Gasteiger partial charge < -0.3 is 0 Å². The van der Waals surface area contributed by atoms with Crippen molar-refractivity contribution in [1.29, 1.82) is 0 Å². The third-order valence-electron chi connectivity index (χ3n) is 1.41. The summed E-state index contributed by atoms with van der Waals surface area (Å²) in [6, 6.07) is 0. The van der Waals surface area contributed by atoms with Gasteiger partial charge in [-0.1, -0.05) is 36.2 Å². The van der Waals surface area contributed by atoms with Crippen molar-refractivity contribution in [2.24, 2.45) is 5.92 Å². The minimum absolute atomic E-state index is 0.203. The van der Waals surface area contributed by atoms with Crippen LogP contribution in [0.5, 0.6) is 0 Å². The van der Waals surface area contributed by atoms with E-state index in [9.17, 15) is 4.39 Å². The Morgan fingerprint density at radius 1 is 1.62 bits per heavy atom. The number of alkyl halides is 2. The Labute approximate surface area is 58.6 Å². The standard InChI is InChI=1S/C6H12BrF/c1-3-5(2)6(8)4-7/h5-6H,3-4H2,1-2H3/t5-,6-/m1/s1. The van der Waals surface area contributed by atoms with E-state index < -0.39 is 6.17 Å². The lowest BCUT2D eigenvalue weighted by Crippen LogP contribution is -2.12. The van der Waals surface area contributed by atoms with Crippen molar-refractivity contribution in [2.45, 2.75) is 26.4 Å². The second-order valence-corrected chi connectivity index (χ2v) is 2.70. The summed E-state index contributed by atoms with van der Waals surface area (Å²) in [5.74, 6) is 0.203. The molecule has 0 heterocycles. The van der Waals surface area contributed by atoms with Crippen LogP contribution in [0.25, 0.3) is 0 Å². The van der Waals surface area contributed by atoms with Crippen molar-refractivity contribution < 1.29 is 4.39 Å². The van der Waals surface area contributed by atoms with Crippen LogP contribution in [-0.2, 0) is 0 Å². The van der Waals surface area contributed by atoms with E-state index in [1.807, 2.05) is 13.8 Å². The highest BCUT2D eigenvalue weighted by atomic mass is 79.9. The SMILES string of the molecule is CC[C@@H](C)[C@H](F)CBr. The maximum absolute atomic E-state index is 12.5. The van der Waals surface area contributed by atoms with Crippen molar-refractivity contribution in [2.75, 3.05) is 5.33 Å². The fourth-order valence-corrected chi connectivity index (χ4v) is 1.05. The first-order chi connectivity index (χ1) is 3.72. The molecule has 0 unspecified atom stereocenters. The molecule has 0 aromatic heterocycles. The van der Waals surface area contributed by atoms with Crippen LogP contribution >= 0.6 is 15.9 Å². The summed E-state index contributed by atoms with van der Waals surface area (Å²) in [7, 11) is 0. The average Bonchev–Trinajstić information content (AvgIpc) is 1.84. The topological polar surface area (TPSA) is 0 Å². The molecule has 0 aromatic carbocycles. The number of hydrogen-bond acceptors (Lipinski definition) is 0. The first kappa shape index (κ1) is 8.41. The molecule has 0 saturated heterocycles. The minimum Gasteiger partial charge on any atom is -0.246 e. The van der Waals surface area contributed by atoms with Crippen LogP contribution in [-0.4, -0.2) is 11.5 Å². The summed E-state index contributed by atoms with van der Waals surface area (Å²) in [6.07, 6.45) is 0.257. The Kier molecular flexibility index (Phi) is 4.53. The van der Waals surface area contributed by atoms with Gasteiger partial charge in [-0.15, -0.1) is 0 Å². The van der Waals surface area contributed by atoms with Gasteiger partial charge in [0.2, 0.25) is 0 Å². The molecule has 0 aliphatic heterocycles. The quantitative estimate of drug-likeness (QED) is 0.590. The lowest BCUT2D eigenvalue weighted by molar-refractivity contribution is 0.265. The normalized spacial score (nSPS) is 18.0. The molecule has 0 nitrogen and oxygen atoms in total. The number of rotatable bonds is 3. The first-order valence-corrected chi connectivity index (χ1v) is 4.04. The summed E-state index contributed by atoms with van der Waals surface area (Å²) in [5, 5.41) is 0.474. The van der Waals surface area contributed by atoms with E-state index in [1.165, 1.54) is 0 Å². The van der Waals surface area contributed by atoms with Gasteiger partial charge in [0.1, 0.15) is 6.17 Å². The van der Waals surface area contributed by atoms with E-state index >= 15 is 0 Å². The van der Waals surface area contributed by atoms with Crippen molar-refractivity contribution in [3.63, 3.8) is 0 Å². The Balaban J connectivity index is 3.29. The fraction of sp³-hybridized carbons (Fsp3) is 1.00. The van der Waals surface area contributed by atoms with Gasteiger partial charge in [-0.3, -0.25) is 0 Å². The molecule has 0 bridgehead atoms. The van der Waals surface area contributed by atoms with E-state index in [4.69, 9.17) is 0 Å². The van der Waals surface area contributed by atoms with Crippen LogP contribution in [0.2, 0.25) is 0 Å². The van der Waals surface area contributed by atoms with Crippen LogP contribution in [0.3, 0.4) is 0 Å². The van der Waals surface area contributed by atoms with Crippen LogP contribution in [0.1, 0.15) is 20.3 Å². The largest absolute Gasteiger partial charge is 0.246 e. The highest BCUT2D eigenvalue weighted by Crippen LogP contribution is 2.12. The predicted octanol–water partition coefficient (Wildman–Crippen LogP) is 2.77. The molecule has 0 spiro atoms. The second kappa shape index (κ2) is 4.30. The highest BCUT2D eigenvalue weighted by Gasteiger charge is 2.11. The number of hydrogen-bond donors (Lipinski definition) is 0. The molecule has 0 radical (unpaired) electrons. The molecule has 50 valence electrons. The Morgan fingerprint density at radius 3 is 2.25 bits per heavy atom. The molecule has 0 saturated carbocycles. The molecule has 8 heavy (non-hydrogen) atoms. The molecule has 2 atom stereocenters. The minimum atomic E-state index is -0.667. The molecule has 0 aliphatic carbocycles.